The largest absolute Gasteiger partial charge is 0.349 e. The zero-order valence-corrected chi connectivity index (χ0v) is 15.6. The summed E-state index contributed by atoms with van der Waals surface area (Å²) in [7, 11) is 0. The van der Waals surface area contributed by atoms with Crippen LogP contribution in [-0.2, 0) is 4.79 Å². The van der Waals surface area contributed by atoms with Crippen molar-refractivity contribution in [3.63, 3.8) is 0 Å². The molecule has 0 aliphatic heterocycles. The van der Waals surface area contributed by atoms with E-state index in [9.17, 15) is 9.59 Å². The molecule has 1 amide bonds. The van der Waals surface area contributed by atoms with E-state index in [4.69, 9.17) is 0 Å². The second-order valence-electron chi connectivity index (χ2n) is 9.02. The van der Waals surface area contributed by atoms with Gasteiger partial charge in [-0.05, 0) is 94.2 Å². The van der Waals surface area contributed by atoms with Gasteiger partial charge >= 0.3 is 0 Å². The van der Waals surface area contributed by atoms with Gasteiger partial charge in [-0.15, -0.1) is 0 Å². The lowest BCUT2D eigenvalue weighted by Crippen LogP contribution is -2.53. The minimum absolute atomic E-state index is 0.0125. The Bertz CT molecular complexity index is 685. The molecule has 1 aromatic carbocycles. The summed E-state index contributed by atoms with van der Waals surface area (Å²) in [6, 6.07) is 5.79. The van der Waals surface area contributed by atoms with Crippen LogP contribution in [0.5, 0.6) is 0 Å². The summed E-state index contributed by atoms with van der Waals surface area (Å²) in [4.78, 5) is 24.7. The van der Waals surface area contributed by atoms with Gasteiger partial charge in [0.25, 0.3) is 0 Å². The molecule has 3 nitrogen and oxygen atoms in total. The van der Waals surface area contributed by atoms with Gasteiger partial charge in [-0.3, -0.25) is 9.59 Å². The highest BCUT2D eigenvalue weighted by Crippen LogP contribution is 2.60. The highest BCUT2D eigenvalue weighted by molar-refractivity contribution is 5.94. The van der Waals surface area contributed by atoms with E-state index in [0.717, 1.165) is 53.7 Å². The smallest absolute Gasteiger partial charge is 0.226 e. The zero-order chi connectivity index (χ0) is 17.8. The van der Waals surface area contributed by atoms with Gasteiger partial charge in [-0.1, -0.05) is 12.1 Å². The second-order valence-corrected chi connectivity index (χ2v) is 9.02. The SMILES string of the molecule is CC(=O)c1ccc(C(C)NC(=O)C23CC4CC(CC(C4)C2)C3)c(C)c1. The summed E-state index contributed by atoms with van der Waals surface area (Å²) < 4.78 is 0. The van der Waals surface area contributed by atoms with Gasteiger partial charge in [0.1, 0.15) is 0 Å². The minimum Gasteiger partial charge on any atom is -0.349 e. The predicted octanol–water partition coefficient (Wildman–Crippen LogP) is 4.59. The van der Waals surface area contributed by atoms with Crippen LogP contribution in [0.4, 0.5) is 0 Å². The molecule has 0 radical (unpaired) electrons. The Kier molecular flexibility index (Phi) is 4.01. The summed E-state index contributed by atoms with van der Waals surface area (Å²) in [5.41, 5.74) is 2.82. The van der Waals surface area contributed by atoms with E-state index < -0.39 is 0 Å². The second kappa shape index (κ2) is 5.96. The maximum Gasteiger partial charge on any atom is 0.226 e. The fourth-order valence-electron chi connectivity index (χ4n) is 6.20. The Morgan fingerprint density at radius 2 is 1.64 bits per heavy atom. The summed E-state index contributed by atoms with van der Waals surface area (Å²) >= 11 is 0. The molecule has 4 aliphatic rings. The van der Waals surface area contributed by atoms with Crippen molar-refractivity contribution in [1.29, 1.82) is 0 Å². The lowest BCUT2D eigenvalue weighted by atomic mass is 9.49. The van der Waals surface area contributed by atoms with Crippen LogP contribution in [0, 0.1) is 30.1 Å². The lowest BCUT2D eigenvalue weighted by molar-refractivity contribution is -0.147. The van der Waals surface area contributed by atoms with Crippen molar-refractivity contribution < 1.29 is 9.59 Å². The molecule has 0 spiro atoms. The van der Waals surface area contributed by atoms with Crippen LogP contribution in [0.1, 0.15) is 79.9 Å². The topological polar surface area (TPSA) is 46.2 Å². The third kappa shape index (κ3) is 2.92. The number of carbonyl (C=O) groups is 2. The van der Waals surface area contributed by atoms with Crippen LogP contribution in [0.25, 0.3) is 0 Å². The first-order valence-electron chi connectivity index (χ1n) is 9.79. The van der Waals surface area contributed by atoms with E-state index in [1.807, 2.05) is 25.1 Å². The average Bonchev–Trinajstić information content (AvgIpc) is 2.53. The van der Waals surface area contributed by atoms with Crippen LogP contribution in [0.2, 0.25) is 0 Å². The molecule has 4 bridgehead atoms. The Labute approximate surface area is 150 Å². The number of rotatable bonds is 4. The molecule has 134 valence electrons. The van der Waals surface area contributed by atoms with Crippen LogP contribution in [-0.4, -0.2) is 11.7 Å². The van der Waals surface area contributed by atoms with Crippen molar-refractivity contribution in [1.82, 2.24) is 5.32 Å². The number of ketones is 1. The molecule has 4 aliphatic carbocycles. The standard InChI is InChI=1S/C22H29NO2/c1-13-6-19(15(3)24)4-5-20(13)14(2)23-21(25)22-10-16-7-17(11-22)9-18(8-16)12-22/h4-6,14,16-18H,7-12H2,1-3H3,(H,23,25). The van der Waals surface area contributed by atoms with Crippen LogP contribution < -0.4 is 5.32 Å². The number of Topliss-reactive ketones (excluding diaryl/α,β-unsaturated/α-hetero) is 1. The van der Waals surface area contributed by atoms with E-state index >= 15 is 0 Å². The molecule has 4 saturated carbocycles. The molecule has 5 rings (SSSR count). The molecule has 1 atom stereocenters. The van der Waals surface area contributed by atoms with E-state index in [0.29, 0.717) is 0 Å². The molecular weight excluding hydrogens is 310 g/mol. The minimum atomic E-state index is -0.101. The molecule has 0 aromatic heterocycles. The highest BCUT2D eigenvalue weighted by Gasteiger charge is 2.54. The van der Waals surface area contributed by atoms with Gasteiger partial charge in [0.2, 0.25) is 5.91 Å². The Hall–Kier alpha value is -1.64. The van der Waals surface area contributed by atoms with Crippen molar-refractivity contribution in [2.24, 2.45) is 23.2 Å². The van der Waals surface area contributed by atoms with Crippen molar-refractivity contribution in [2.75, 3.05) is 0 Å². The molecule has 1 aromatic rings. The molecule has 1 unspecified atom stereocenters. The van der Waals surface area contributed by atoms with Crippen molar-refractivity contribution >= 4 is 11.7 Å². The van der Waals surface area contributed by atoms with Crippen molar-refractivity contribution in [3.8, 4) is 0 Å². The fraction of sp³-hybridized carbons (Fsp3) is 0.636. The monoisotopic (exact) mass is 339 g/mol. The van der Waals surface area contributed by atoms with Crippen molar-refractivity contribution in [3.05, 3.63) is 34.9 Å². The van der Waals surface area contributed by atoms with Gasteiger partial charge in [0.15, 0.2) is 5.78 Å². The van der Waals surface area contributed by atoms with Crippen molar-refractivity contribution in [2.45, 2.75) is 65.3 Å². The third-order valence-corrected chi connectivity index (χ3v) is 7.01. The fourth-order valence-corrected chi connectivity index (χ4v) is 6.20. The van der Waals surface area contributed by atoms with E-state index in [1.165, 1.54) is 19.3 Å². The first kappa shape index (κ1) is 16.8. The maximum absolute atomic E-state index is 13.2. The molecule has 3 heteroatoms. The van der Waals surface area contributed by atoms with Crippen LogP contribution in [0.15, 0.2) is 18.2 Å². The molecule has 4 fully saturated rings. The van der Waals surface area contributed by atoms with Gasteiger partial charge in [-0.2, -0.15) is 0 Å². The average molecular weight is 339 g/mol. The van der Waals surface area contributed by atoms with Gasteiger partial charge in [0.05, 0.1) is 6.04 Å². The molecule has 0 heterocycles. The number of carbonyl (C=O) groups excluding carboxylic acids is 2. The number of nitrogens with one attached hydrogen (secondary N) is 1. The summed E-state index contributed by atoms with van der Waals surface area (Å²) in [5.74, 6) is 2.70. The summed E-state index contributed by atoms with van der Waals surface area (Å²) in [5, 5.41) is 3.32. The molecular formula is C22H29NO2. The van der Waals surface area contributed by atoms with E-state index in [-0.39, 0.29) is 23.1 Å². The lowest BCUT2D eigenvalue weighted by Gasteiger charge is -2.55. The van der Waals surface area contributed by atoms with Gasteiger partial charge in [0, 0.05) is 11.0 Å². The summed E-state index contributed by atoms with van der Waals surface area (Å²) in [6.07, 6.45) is 7.36. The van der Waals surface area contributed by atoms with E-state index in [1.54, 1.807) is 6.92 Å². The van der Waals surface area contributed by atoms with Gasteiger partial charge in [-0.25, -0.2) is 0 Å². The Balaban J connectivity index is 1.50. The van der Waals surface area contributed by atoms with Gasteiger partial charge < -0.3 is 5.32 Å². The first-order valence-corrected chi connectivity index (χ1v) is 9.79. The number of amides is 1. The number of hydrogen-bond donors (Lipinski definition) is 1. The Morgan fingerprint density at radius 1 is 1.08 bits per heavy atom. The Morgan fingerprint density at radius 3 is 2.12 bits per heavy atom. The molecule has 25 heavy (non-hydrogen) atoms. The number of hydrogen-bond acceptors (Lipinski definition) is 2. The maximum atomic E-state index is 13.2. The summed E-state index contributed by atoms with van der Waals surface area (Å²) in [6.45, 7) is 5.68. The number of aryl methyl sites for hydroxylation is 1. The van der Waals surface area contributed by atoms with E-state index in [2.05, 4.69) is 12.2 Å². The molecule has 0 saturated heterocycles. The quantitative estimate of drug-likeness (QED) is 0.816. The normalized spacial score (nSPS) is 34.0. The number of benzene rings is 1. The molecule has 1 N–H and O–H groups in total. The third-order valence-electron chi connectivity index (χ3n) is 7.01. The first-order chi connectivity index (χ1) is 11.9. The predicted molar refractivity (Wildman–Crippen MR) is 98.3 cm³/mol. The van der Waals surface area contributed by atoms with Crippen LogP contribution >= 0.6 is 0 Å². The highest BCUT2D eigenvalue weighted by atomic mass is 16.2. The zero-order valence-electron chi connectivity index (χ0n) is 15.6. The van der Waals surface area contributed by atoms with Crippen LogP contribution in [0.3, 0.4) is 0 Å².